The highest BCUT2D eigenvalue weighted by atomic mass is 35.5. The first-order chi connectivity index (χ1) is 8.89. The molecule has 5 heteroatoms. The first-order valence-electron chi connectivity index (χ1n) is 6.58. The summed E-state index contributed by atoms with van der Waals surface area (Å²) in [5.41, 5.74) is 0.0406. The average Bonchev–Trinajstić information content (AvgIpc) is 2.79. The Morgan fingerprint density at radius 3 is 2.58 bits per heavy atom. The standard InChI is InChI=1S/C14H20ClN3S/c1-6-9-8-10-11(18(5)14(3,4)7-2)16-13(15)17-12(10)19-9/h8H,6-7H2,1-5H3. The van der Waals surface area contributed by atoms with Crippen molar-refractivity contribution < 1.29 is 0 Å². The van der Waals surface area contributed by atoms with Crippen molar-refractivity contribution in [2.75, 3.05) is 11.9 Å². The van der Waals surface area contributed by atoms with E-state index in [1.165, 1.54) is 4.88 Å². The largest absolute Gasteiger partial charge is 0.354 e. The number of nitrogens with zero attached hydrogens (tertiary/aromatic N) is 3. The van der Waals surface area contributed by atoms with E-state index in [2.05, 4.69) is 55.7 Å². The van der Waals surface area contributed by atoms with E-state index in [0.29, 0.717) is 5.28 Å². The minimum absolute atomic E-state index is 0.0406. The van der Waals surface area contributed by atoms with Crippen molar-refractivity contribution in [3.05, 3.63) is 16.2 Å². The smallest absolute Gasteiger partial charge is 0.225 e. The Morgan fingerprint density at radius 2 is 2.00 bits per heavy atom. The number of thiophene rings is 1. The lowest BCUT2D eigenvalue weighted by Gasteiger charge is -2.36. The molecule has 3 nitrogen and oxygen atoms in total. The molecule has 2 rings (SSSR count). The SMILES string of the molecule is CCc1cc2c(N(C)C(C)(C)CC)nc(Cl)nc2s1. The summed E-state index contributed by atoms with van der Waals surface area (Å²) in [6, 6.07) is 2.19. The monoisotopic (exact) mass is 297 g/mol. The van der Waals surface area contributed by atoms with Crippen LogP contribution >= 0.6 is 22.9 Å². The second kappa shape index (κ2) is 5.25. The summed E-state index contributed by atoms with van der Waals surface area (Å²) in [5, 5.41) is 1.43. The van der Waals surface area contributed by atoms with Gasteiger partial charge in [0.1, 0.15) is 10.6 Å². The first-order valence-corrected chi connectivity index (χ1v) is 7.78. The highest BCUT2D eigenvalue weighted by Crippen LogP contribution is 2.34. The van der Waals surface area contributed by atoms with Crippen molar-refractivity contribution in [2.24, 2.45) is 0 Å². The Hall–Kier alpha value is -0.870. The van der Waals surface area contributed by atoms with Crippen LogP contribution in [0.4, 0.5) is 5.82 Å². The van der Waals surface area contributed by atoms with Crippen LogP contribution in [0, 0.1) is 0 Å². The van der Waals surface area contributed by atoms with Gasteiger partial charge in [-0.05, 0) is 44.4 Å². The van der Waals surface area contributed by atoms with Gasteiger partial charge < -0.3 is 4.90 Å². The molecule has 0 radical (unpaired) electrons. The zero-order chi connectivity index (χ0) is 14.2. The molecular formula is C14H20ClN3S. The minimum atomic E-state index is 0.0406. The van der Waals surface area contributed by atoms with Gasteiger partial charge in [-0.2, -0.15) is 4.98 Å². The van der Waals surface area contributed by atoms with Gasteiger partial charge >= 0.3 is 0 Å². The zero-order valence-electron chi connectivity index (χ0n) is 12.1. The molecule has 0 spiro atoms. The number of anilines is 1. The molecule has 104 valence electrons. The summed E-state index contributed by atoms with van der Waals surface area (Å²) in [6.45, 7) is 8.75. The Labute approximate surface area is 123 Å². The predicted molar refractivity (Wildman–Crippen MR) is 84.6 cm³/mol. The van der Waals surface area contributed by atoms with Crippen molar-refractivity contribution in [3.63, 3.8) is 0 Å². The molecule has 0 bridgehead atoms. The molecule has 0 aromatic carbocycles. The summed E-state index contributed by atoms with van der Waals surface area (Å²) < 4.78 is 0. The van der Waals surface area contributed by atoms with Crippen LogP contribution in [-0.4, -0.2) is 22.6 Å². The molecule has 2 aromatic heterocycles. The minimum Gasteiger partial charge on any atom is -0.354 e. The van der Waals surface area contributed by atoms with E-state index in [-0.39, 0.29) is 5.54 Å². The fourth-order valence-electron chi connectivity index (χ4n) is 1.88. The van der Waals surface area contributed by atoms with E-state index in [0.717, 1.165) is 28.9 Å². The molecule has 0 aliphatic rings. The fraction of sp³-hybridized carbons (Fsp3) is 0.571. The molecule has 2 heterocycles. The van der Waals surface area contributed by atoms with Crippen molar-refractivity contribution in [1.29, 1.82) is 0 Å². The first kappa shape index (κ1) is 14.5. The van der Waals surface area contributed by atoms with Crippen LogP contribution in [0.25, 0.3) is 10.2 Å². The van der Waals surface area contributed by atoms with Crippen LogP contribution in [0.15, 0.2) is 6.07 Å². The van der Waals surface area contributed by atoms with Gasteiger partial charge in [0.05, 0.1) is 5.39 Å². The van der Waals surface area contributed by atoms with Gasteiger partial charge in [-0.15, -0.1) is 11.3 Å². The van der Waals surface area contributed by atoms with Gasteiger partial charge in [0.15, 0.2) is 0 Å². The topological polar surface area (TPSA) is 29.0 Å². The number of halogens is 1. The fourth-order valence-corrected chi connectivity index (χ4v) is 3.06. The summed E-state index contributed by atoms with van der Waals surface area (Å²) in [4.78, 5) is 13.3. The summed E-state index contributed by atoms with van der Waals surface area (Å²) in [7, 11) is 2.07. The molecule has 0 saturated carbocycles. The number of rotatable bonds is 4. The van der Waals surface area contributed by atoms with E-state index in [4.69, 9.17) is 11.6 Å². The van der Waals surface area contributed by atoms with E-state index in [9.17, 15) is 0 Å². The summed E-state index contributed by atoms with van der Waals surface area (Å²) in [5.74, 6) is 0.929. The van der Waals surface area contributed by atoms with Crippen molar-refractivity contribution >= 4 is 39.0 Å². The molecule has 0 N–H and O–H groups in total. The zero-order valence-corrected chi connectivity index (χ0v) is 13.7. The molecule has 19 heavy (non-hydrogen) atoms. The molecule has 0 saturated heterocycles. The van der Waals surface area contributed by atoms with Gasteiger partial charge in [-0.25, -0.2) is 4.98 Å². The van der Waals surface area contributed by atoms with E-state index in [1.54, 1.807) is 11.3 Å². The van der Waals surface area contributed by atoms with Crippen molar-refractivity contribution in [2.45, 2.75) is 46.1 Å². The Bertz CT molecular complexity index is 592. The second-order valence-electron chi connectivity index (χ2n) is 5.33. The van der Waals surface area contributed by atoms with Gasteiger partial charge in [0.25, 0.3) is 0 Å². The molecule has 0 aliphatic carbocycles. The van der Waals surface area contributed by atoms with E-state index < -0.39 is 0 Å². The van der Waals surface area contributed by atoms with Crippen LogP contribution in [0.5, 0.6) is 0 Å². The average molecular weight is 298 g/mol. The van der Waals surface area contributed by atoms with Gasteiger partial charge in [0.2, 0.25) is 5.28 Å². The van der Waals surface area contributed by atoms with Crippen LogP contribution in [0.1, 0.15) is 39.0 Å². The van der Waals surface area contributed by atoms with Crippen LogP contribution in [-0.2, 0) is 6.42 Å². The number of hydrogen-bond donors (Lipinski definition) is 0. The quantitative estimate of drug-likeness (QED) is 0.776. The van der Waals surface area contributed by atoms with Crippen molar-refractivity contribution in [3.8, 4) is 0 Å². The van der Waals surface area contributed by atoms with Gasteiger partial charge in [-0.3, -0.25) is 0 Å². The maximum absolute atomic E-state index is 6.07. The molecule has 2 aromatic rings. The highest BCUT2D eigenvalue weighted by Gasteiger charge is 2.25. The third-order valence-corrected chi connectivity index (χ3v) is 5.18. The molecule has 0 unspecified atom stereocenters. The molecule has 0 aliphatic heterocycles. The van der Waals surface area contributed by atoms with Crippen LogP contribution < -0.4 is 4.90 Å². The predicted octanol–water partition coefficient (Wildman–Crippen LogP) is 4.53. The molecule has 0 amide bonds. The van der Waals surface area contributed by atoms with Gasteiger partial charge in [-0.1, -0.05) is 13.8 Å². The number of aromatic nitrogens is 2. The van der Waals surface area contributed by atoms with Crippen molar-refractivity contribution in [1.82, 2.24) is 9.97 Å². The lowest BCUT2D eigenvalue weighted by atomic mass is 10.00. The van der Waals surface area contributed by atoms with E-state index >= 15 is 0 Å². The number of hydrogen-bond acceptors (Lipinski definition) is 4. The summed E-state index contributed by atoms with van der Waals surface area (Å²) in [6.07, 6.45) is 2.05. The Balaban J connectivity index is 2.61. The second-order valence-corrected chi connectivity index (χ2v) is 6.78. The third kappa shape index (κ3) is 2.70. The maximum atomic E-state index is 6.07. The Kier molecular flexibility index (Phi) is 4.02. The molecule has 0 fully saturated rings. The number of aryl methyl sites for hydroxylation is 1. The van der Waals surface area contributed by atoms with Crippen LogP contribution in [0.2, 0.25) is 5.28 Å². The lowest BCUT2D eigenvalue weighted by Crippen LogP contribution is -2.41. The number of fused-ring (bicyclic) bond motifs is 1. The lowest BCUT2D eigenvalue weighted by molar-refractivity contribution is 0.468. The third-order valence-electron chi connectivity index (χ3n) is 3.84. The Morgan fingerprint density at radius 1 is 1.32 bits per heavy atom. The highest BCUT2D eigenvalue weighted by molar-refractivity contribution is 7.18. The normalized spacial score (nSPS) is 12.1. The van der Waals surface area contributed by atoms with Gasteiger partial charge in [0, 0.05) is 17.5 Å². The molecule has 0 atom stereocenters. The molecular weight excluding hydrogens is 278 g/mol. The maximum Gasteiger partial charge on any atom is 0.225 e. The van der Waals surface area contributed by atoms with E-state index in [1.807, 2.05) is 0 Å². The van der Waals surface area contributed by atoms with Crippen LogP contribution in [0.3, 0.4) is 0 Å². The summed E-state index contributed by atoms with van der Waals surface area (Å²) >= 11 is 7.77.